The normalized spacial score (nSPS) is 14.0. The summed E-state index contributed by atoms with van der Waals surface area (Å²) in [6.45, 7) is 2.58. The maximum absolute atomic E-state index is 12.9. The van der Waals surface area contributed by atoms with Gasteiger partial charge in [-0.05, 0) is 31.5 Å². The van der Waals surface area contributed by atoms with Crippen LogP contribution in [0.2, 0.25) is 0 Å². The van der Waals surface area contributed by atoms with E-state index in [1.807, 2.05) is 37.3 Å². The molecule has 0 radical (unpaired) electrons. The summed E-state index contributed by atoms with van der Waals surface area (Å²) < 4.78 is 5.46. The Morgan fingerprint density at radius 1 is 1.22 bits per heavy atom. The molecule has 1 aromatic heterocycles. The van der Waals surface area contributed by atoms with Gasteiger partial charge >= 0.3 is 0 Å². The van der Waals surface area contributed by atoms with Crippen LogP contribution in [0, 0.1) is 6.92 Å². The van der Waals surface area contributed by atoms with Gasteiger partial charge in [-0.3, -0.25) is 9.59 Å². The zero-order chi connectivity index (χ0) is 19.0. The predicted octanol–water partition coefficient (Wildman–Crippen LogP) is 3.86. The molecule has 27 heavy (non-hydrogen) atoms. The minimum Gasteiger partial charge on any atom is -0.494 e. The number of hydrogen-bond acceptors (Lipinski definition) is 3. The lowest BCUT2D eigenvalue weighted by atomic mass is 10.1. The van der Waals surface area contributed by atoms with Crippen LogP contribution in [0.1, 0.15) is 28.9 Å². The number of para-hydroxylation sites is 1. The van der Waals surface area contributed by atoms with Gasteiger partial charge in [-0.1, -0.05) is 18.2 Å². The van der Waals surface area contributed by atoms with Gasteiger partial charge in [-0.2, -0.15) is 0 Å². The van der Waals surface area contributed by atoms with Gasteiger partial charge in [-0.25, -0.2) is 0 Å². The SMILES string of the molecule is COc1cc(NC(=O)c2c(C)[nH]c3ccccc23)ccc1N1CCCC1=O. The number of nitrogens with zero attached hydrogens (tertiary/aromatic N) is 1. The number of anilines is 2. The number of ether oxygens (including phenoxy) is 1. The van der Waals surface area contributed by atoms with Gasteiger partial charge in [0.1, 0.15) is 5.75 Å². The molecule has 0 saturated carbocycles. The average Bonchev–Trinajstić information content (AvgIpc) is 3.23. The monoisotopic (exact) mass is 363 g/mol. The van der Waals surface area contributed by atoms with E-state index in [1.54, 1.807) is 24.1 Å². The summed E-state index contributed by atoms with van der Waals surface area (Å²) in [5.74, 6) is 0.482. The lowest BCUT2D eigenvalue weighted by Crippen LogP contribution is -2.24. The maximum Gasteiger partial charge on any atom is 0.258 e. The molecule has 1 aliphatic heterocycles. The zero-order valence-electron chi connectivity index (χ0n) is 15.3. The van der Waals surface area contributed by atoms with Crippen molar-refractivity contribution < 1.29 is 14.3 Å². The lowest BCUT2D eigenvalue weighted by molar-refractivity contribution is -0.117. The fourth-order valence-corrected chi connectivity index (χ4v) is 3.64. The fraction of sp³-hybridized carbons (Fsp3) is 0.238. The standard InChI is InChI=1S/C21H21N3O3/c1-13-20(15-6-3-4-7-16(15)22-13)21(26)23-14-9-10-17(18(12-14)27-2)24-11-5-8-19(24)25/h3-4,6-7,9-10,12,22H,5,8,11H2,1-2H3,(H,23,26). The zero-order valence-corrected chi connectivity index (χ0v) is 15.3. The first-order valence-electron chi connectivity index (χ1n) is 8.95. The molecule has 2 amide bonds. The van der Waals surface area contributed by atoms with Crippen molar-refractivity contribution in [1.82, 2.24) is 4.98 Å². The number of aromatic amines is 1. The van der Waals surface area contributed by atoms with Crippen molar-refractivity contribution in [2.75, 3.05) is 23.9 Å². The second-order valence-corrected chi connectivity index (χ2v) is 6.66. The van der Waals surface area contributed by atoms with Crippen LogP contribution in [0.5, 0.6) is 5.75 Å². The third-order valence-electron chi connectivity index (χ3n) is 4.92. The second kappa shape index (κ2) is 6.79. The number of nitrogens with one attached hydrogen (secondary N) is 2. The van der Waals surface area contributed by atoms with E-state index in [9.17, 15) is 9.59 Å². The number of aryl methyl sites for hydroxylation is 1. The molecule has 0 spiro atoms. The van der Waals surface area contributed by atoms with E-state index < -0.39 is 0 Å². The van der Waals surface area contributed by atoms with Crippen molar-refractivity contribution in [3.63, 3.8) is 0 Å². The first-order valence-corrected chi connectivity index (χ1v) is 8.95. The maximum atomic E-state index is 12.9. The fourth-order valence-electron chi connectivity index (χ4n) is 3.64. The molecular weight excluding hydrogens is 342 g/mol. The number of hydrogen-bond donors (Lipinski definition) is 2. The summed E-state index contributed by atoms with van der Waals surface area (Å²) in [7, 11) is 1.56. The second-order valence-electron chi connectivity index (χ2n) is 6.66. The smallest absolute Gasteiger partial charge is 0.258 e. The van der Waals surface area contributed by atoms with Crippen LogP contribution in [0.15, 0.2) is 42.5 Å². The third-order valence-corrected chi connectivity index (χ3v) is 4.92. The van der Waals surface area contributed by atoms with Gasteiger partial charge in [0, 0.05) is 41.3 Å². The number of benzene rings is 2. The Bertz CT molecular complexity index is 1040. The van der Waals surface area contributed by atoms with Crippen molar-refractivity contribution in [3.05, 3.63) is 53.7 Å². The number of H-pyrrole nitrogens is 1. The summed E-state index contributed by atoms with van der Waals surface area (Å²) in [5, 5.41) is 3.83. The molecular formula is C21H21N3O3. The van der Waals surface area contributed by atoms with Crippen molar-refractivity contribution in [1.29, 1.82) is 0 Å². The van der Waals surface area contributed by atoms with E-state index >= 15 is 0 Å². The van der Waals surface area contributed by atoms with Gasteiger partial charge in [0.15, 0.2) is 0 Å². The molecule has 4 rings (SSSR count). The van der Waals surface area contributed by atoms with Crippen LogP contribution in [-0.4, -0.2) is 30.5 Å². The Morgan fingerprint density at radius 2 is 2.04 bits per heavy atom. The molecule has 138 valence electrons. The molecule has 0 unspecified atom stereocenters. The number of fused-ring (bicyclic) bond motifs is 1. The Morgan fingerprint density at radius 3 is 2.78 bits per heavy atom. The summed E-state index contributed by atoms with van der Waals surface area (Å²) in [5.41, 5.74) is 3.74. The van der Waals surface area contributed by atoms with Crippen molar-refractivity contribution in [2.24, 2.45) is 0 Å². The van der Waals surface area contributed by atoms with Crippen LogP contribution in [0.3, 0.4) is 0 Å². The summed E-state index contributed by atoms with van der Waals surface area (Å²) >= 11 is 0. The average molecular weight is 363 g/mol. The van der Waals surface area contributed by atoms with Crippen LogP contribution >= 0.6 is 0 Å². The molecule has 6 heteroatoms. The third kappa shape index (κ3) is 3.03. The molecule has 0 bridgehead atoms. The van der Waals surface area contributed by atoms with Gasteiger partial charge in [-0.15, -0.1) is 0 Å². The van der Waals surface area contributed by atoms with Crippen molar-refractivity contribution in [2.45, 2.75) is 19.8 Å². The lowest BCUT2D eigenvalue weighted by Gasteiger charge is -2.19. The molecule has 0 atom stereocenters. The number of carbonyl (C=O) groups excluding carboxylic acids is 2. The number of amides is 2. The van der Waals surface area contributed by atoms with Crippen LogP contribution in [-0.2, 0) is 4.79 Å². The molecule has 2 heterocycles. The van der Waals surface area contributed by atoms with E-state index in [0.717, 1.165) is 28.7 Å². The summed E-state index contributed by atoms with van der Waals surface area (Å²) in [6, 6.07) is 13.1. The first-order chi connectivity index (χ1) is 13.1. The number of carbonyl (C=O) groups is 2. The van der Waals surface area contributed by atoms with E-state index in [-0.39, 0.29) is 11.8 Å². The predicted molar refractivity (Wildman–Crippen MR) is 106 cm³/mol. The van der Waals surface area contributed by atoms with E-state index in [0.29, 0.717) is 30.0 Å². The Labute approximate surface area is 157 Å². The van der Waals surface area contributed by atoms with Gasteiger partial charge in [0.25, 0.3) is 5.91 Å². The van der Waals surface area contributed by atoms with E-state index in [4.69, 9.17) is 4.74 Å². The highest BCUT2D eigenvalue weighted by atomic mass is 16.5. The molecule has 2 aromatic carbocycles. The molecule has 6 nitrogen and oxygen atoms in total. The molecule has 1 fully saturated rings. The molecule has 1 aliphatic rings. The van der Waals surface area contributed by atoms with E-state index in [2.05, 4.69) is 10.3 Å². The van der Waals surface area contributed by atoms with Gasteiger partial charge in [0.2, 0.25) is 5.91 Å². The van der Waals surface area contributed by atoms with Crippen LogP contribution < -0.4 is 15.0 Å². The summed E-state index contributed by atoms with van der Waals surface area (Å²) in [6.07, 6.45) is 1.40. The Hall–Kier alpha value is -3.28. The molecule has 2 N–H and O–H groups in total. The number of aromatic nitrogens is 1. The molecule has 1 saturated heterocycles. The van der Waals surface area contributed by atoms with Crippen molar-refractivity contribution in [3.8, 4) is 5.75 Å². The number of rotatable bonds is 4. The van der Waals surface area contributed by atoms with E-state index in [1.165, 1.54) is 0 Å². The van der Waals surface area contributed by atoms with Gasteiger partial charge < -0.3 is 19.9 Å². The molecule has 0 aliphatic carbocycles. The Kier molecular flexibility index (Phi) is 4.32. The first kappa shape index (κ1) is 17.1. The highest BCUT2D eigenvalue weighted by Crippen LogP contribution is 2.34. The number of methoxy groups -OCH3 is 1. The highest BCUT2D eigenvalue weighted by molar-refractivity contribution is 6.14. The molecule has 3 aromatic rings. The van der Waals surface area contributed by atoms with Crippen molar-refractivity contribution >= 4 is 34.1 Å². The largest absolute Gasteiger partial charge is 0.494 e. The summed E-state index contributed by atoms with van der Waals surface area (Å²) in [4.78, 5) is 29.9. The highest BCUT2D eigenvalue weighted by Gasteiger charge is 2.25. The minimum atomic E-state index is -0.183. The minimum absolute atomic E-state index is 0.0968. The van der Waals surface area contributed by atoms with Crippen LogP contribution in [0.4, 0.5) is 11.4 Å². The quantitative estimate of drug-likeness (QED) is 0.739. The Balaban J connectivity index is 1.63. The van der Waals surface area contributed by atoms with Gasteiger partial charge in [0.05, 0.1) is 18.4 Å². The van der Waals surface area contributed by atoms with Crippen LogP contribution in [0.25, 0.3) is 10.9 Å². The topological polar surface area (TPSA) is 74.4 Å².